The predicted octanol–water partition coefficient (Wildman–Crippen LogP) is 1.10. The van der Waals surface area contributed by atoms with E-state index in [-0.39, 0.29) is 0 Å². The molecule has 0 amide bonds. The van der Waals surface area contributed by atoms with Crippen molar-refractivity contribution in [2.75, 3.05) is 0 Å². The number of carbonyl (C=O) groups excluding carboxylic acids is 1. The van der Waals surface area contributed by atoms with Gasteiger partial charge in [-0.2, -0.15) is 0 Å². The first-order valence-electron chi connectivity index (χ1n) is 3.20. The maximum Gasteiger partial charge on any atom is 0.235 e. The zero-order valence-corrected chi connectivity index (χ0v) is 5.79. The van der Waals surface area contributed by atoms with Gasteiger partial charge in [-0.3, -0.25) is 9.78 Å². The zero-order chi connectivity index (χ0) is 7.40. The Hall–Kier alpha value is -1.18. The molecule has 0 aliphatic heterocycles. The van der Waals surface area contributed by atoms with Crippen LogP contribution in [0, 0.1) is 0 Å². The molecular weight excluding hydrogens is 126 g/mol. The molecule has 1 rings (SSSR count). The Balaban J connectivity index is 2.90. The summed E-state index contributed by atoms with van der Waals surface area (Å²) in [6.07, 6.45) is 4.20. The number of nitrogens with zero attached hydrogens (tertiary/aromatic N) is 1. The first-order valence-corrected chi connectivity index (χ1v) is 3.20. The third-order valence-electron chi connectivity index (χ3n) is 1.30. The molecule has 0 saturated carbocycles. The monoisotopic (exact) mass is 134 g/mol. The molecule has 2 nitrogen and oxygen atoms in total. The van der Waals surface area contributed by atoms with E-state index in [9.17, 15) is 4.79 Å². The largest absolute Gasteiger partial charge is 0.285 e. The van der Waals surface area contributed by atoms with E-state index in [1.807, 2.05) is 13.0 Å². The number of hydrogen-bond acceptors (Lipinski definition) is 2. The third-order valence-corrected chi connectivity index (χ3v) is 1.30. The zero-order valence-electron chi connectivity index (χ0n) is 5.79. The van der Waals surface area contributed by atoms with Gasteiger partial charge in [-0.05, 0) is 18.6 Å². The maximum absolute atomic E-state index is 10.0. The van der Waals surface area contributed by atoms with E-state index < -0.39 is 0 Å². The second kappa shape index (κ2) is 3.11. The number of hydrogen-bond donors (Lipinski definition) is 0. The van der Waals surface area contributed by atoms with Crippen LogP contribution in [0.1, 0.15) is 18.2 Å². The molecule has 1 radical (unpaired) electrons. The summed E-state index contributed by atoms with van der Waals surface area (Å²) < 4.78 is 0. The van der Waals surface area contributed by atoms with Crippen LogP contribution < -0.4 is 0 Å². The Morgan fingerprint density at radius 3 is 2.80 bits per heavy atom. The van der Waals surface area contributed by atoms with Gasteiger partial charge in [0.2, 0.25) is 6.29 Å². The Morgan fingerprint density at radius 1 is 1.60 bits per heavy atom. The minimum Gasteiger partial charge on any atom is -0.285 e. The topological polar surface area (TPSA) is 30.0 Å². The summed E-state index contributed by atoms with van der Waals surface area (Å²) in [6, 6.07) is 3.55. The lowest BCUT2D eigenvalue weighted by Gasteiger charge is -1.92. The van der Waals surface area contributed by atoms with Crippen LogP contribution in [0.15, 0.2) is 18.3 Å². The fourth-order valence-corrected chi connectivity index (χ4v) is 0.694. The number of pyridine rings is 1. The number of rotatable bonds is 2. The Kier molecular flexibility index (Phi) is 2.15. The molecule has 0 atom stereocenters. The molecule has 0 fully saturated rings. The number of aromatic nitrogens is 1. The number of aryl methyl sites for hydroxylation is 1. The summed E-state index contributed by atoms with van der Waals surface area (Å²) in [5, 5.41) is 0. The highest BCUT2D eigenvalue weighted by Crippen LogP contribution is 1.97. The molecule has 0 bridgehead atoms. The standard InChI is InChI=1S/C8H8NO/c1-2-8-4-3-7(6-10)5-9-8/h3-5H,2H2,1H3. The normalized spacial score (nSPS) is 9.30. The van der Waals surface area contributed by atoms with E-state index >= 15 is 0 Å². The Bertz CT molecular complexity index is 215. The Morgan fingerprint density at radius 2 is 2.40 bits per heavy atom. The summed E-state index contributed by atoms with van der Waals surface area (Å²) in [7, 11) is 0. The summed E-state index contributed by atoms with van der Waals surface area (Å²) in [5.74, 6) is 0. The average Bonchev–Trinajstić information content (AvgIpc) is 2.05. The van der Waals surface area contributed by atoms with Crippen LogP contribution in [0.2, 0.25) is 0 Å². The fourth-order valence-electron chi connectivity index (χ4n) is 0.694. The lowest BCUT2D eigenvalue weighted by molar-refractivity contribution is 0.562. The summed E-state index contributed by atoms with van der Waals surface area (Å²) >= 11 is 0. The van der Waals surface area contributed by atoms with Crippen molar-refractivity contribution in [1.29, 1.82) is 0 Å². The third kappa shape index (κ3) is 1.41. The Labute approximate surface area is 59.9 Å². The molecule has 0 aliphatic carbocycles. The van der Waals surface area contributed by atoms with Crippen LogP contribution in [0.3, 0.4) is 0 Å². The fraction of sp³-hybridized carbons (Fsp3) is 0.250. The van der Waals surface area contributed by atoms with Crippen molar-refractivity contribution in [3.63, 3.8) is 0 Å². The molecular formula is C8H8NO. The van der Waals surface area contributed by atoms with Crippen LogP contribution in [0.5, 0.6) is 0 Å². The molecule has 1 aromatic heterocycles. The van der Waals surface area contributed by atoms with E-state index in [0.29, 0.717) is 5.56 Å². The van der Waals surface area contributed by atoms with Gasteiger partial charge in [0.15, 0.2) is 0 Å². The first kappa shape index (κ1) is 6.93. The van der Waals surface area contributed by atoms with Gasteiger partial charge in [0.25, 0.3) is 0 Å². The van der Waals surface area contributed by atoms with Crippen molar-refractivity contribution in [1.82, 2.24) is 4.98 Å². The van der Waals surface area contributed by atoms with Gasteiger partial charge < -0.3 is 0 Å². The lowest BCUT2D eigenvalue weighted by Crippen LogP contribution is -1.87. The SMILES string of the molecule is CCc1ccc([C]=O)cn1. The highest BCUT2D eigenvalue weighted by molar-refractivity contribution is 5.74. The second-order valence-electron chi connectivity index (χ2n) is 1.99. The molecule has 10 heavy (non-hydrogen) atoms. The molecule has 0 aromatic carbocycles. The van der Waals surface area contributed by atoms with Crippen LogP contribution in [0.25, 0.3) is 0 Å². The van der Waals surface area contributed by atoms with Crippen LogP contribution >= 0.6 is 0 Å². The van der Waals surface area contributed by atoms with Gasteiger partial charge in [0.05, 0.1) is 0 Å². The van der Waals surface area contributed by atoms with Gasteiger partial charge >= 0.3 is 0 Å². The van der Waals surface area contributed by atoms with Crippen molar-refractivity contribution in [3.8, 4) is 0 Å². The molecule has 0 aliphatic rings. The predicted molar refractivity (Wildman–Crippen MR) is 38.4 cm³/mol. The quantitative estimate of drug-likeness (QED) is 0.606. The maximum atomic E-state index is 10.0. The van der Waals surface area contributed by atoms with Gasteiger partial charge in [-0.1, -0.05) is 6.92 Å². The van der Waals surface area contributed by atoms with E-state index in [0.717, 1.165) is 12.1 Å². The van der Waals surface area contributed by atoms with Crippen molar-refractivity contribution in [2.24, 2.45) is 0 Å². The minimum atomic E-state index is 0.511. The highest BCUT2D eigenvalue weighted by Gasteiger charge is 1.91. The average molecular weight is 134 g/mol. The smallest absolute Gasteiger partial charge is 0.235 e. The molecule has 1 heterocycles. The van der Waals surface area contributed by atoms with Gasteiger partial charge in [0, 0.05) is 17.5 Å². The van der Waals surface area contributed by atoms with E-state index in [1.54, 1.807) is 12.4 Å². The summed E-state index contributed by atoms with van der Waals surface area (Å²) in [4.78, 5) is 14.0. The van der Waals surface area contributed by atoms with Crippen molar-refractivity contribution < 1.29 is 4.79 Å². The second-order valence-corrected chi connectivity index (χ2v) is 1.99. The van der Waals surface area contributed by atoms with Gasteiger partial charge in [-0.25, -0.2) is 0 Å². The van der Waals surface area contributed by atoms with E-state index in [1.165, 1.54) is 6.20 Å². The first-order chi connectivity index (χ1) is 4.86. The van der Waals surface area contributed by atoms with Crippen LogP contribution in [-0.4, -0.2) is 11.3 Å². The van der Waals surface area contributed by atoms with Crippen molar-refractivity contribution >= 4 is 6.29 Å². The molecule has 51 valence electrons. The van der Waals surface area contributed by atoms with Crippen LogP contribution in [-0.2, 0) is 11.2 Å². The molecule has 0 saturated heterocycles. The molecule has 2 heteroatoms. The lowest BCUT2D eigenvalue weighted by atomic mass is 10.2. The van der Waals surface area contributed by atoms with Crippen LogP contribution in [0.4, 0.5) is 0 Å². The van der Waals surface area contributed by atoms with E-state index in [4.69, 9.17) is 0 Å². The summed E-state index contributed by atoms with van der Waals surface area (Å²) in [5.41, 5.74) is 1.51. The van der Waals surface area contributed by atoms with E-state index in [2.05, 4.69) is 4.98 Å². The molecule has 1 aromatic rings. The highest BCUT2D eigenvalue weighted by atomic mass is 16.1. The van der Waals surface area contributed by atoms with Gasteiger partial charge in [-0.15, -0.1) is 0 Å². The molecule has 0 unspecified atom stereocenters. The van der Waals surface area contributed by atoms with Crippen molar-refractivity contribution in [3.05, 3.63) is 29.6 Å². The van der Waals surface area contributed by atoms with Crippen molar-refractivity contribution in [2.45, 2.75) is 13.3 Å². The minimum absolute atomic E-state index is 0.511. The summed E-state index contributed by atoms with van der Waals surface area (Å²) in [6.45, 7) is 2.02. The molecule has 0 N–H and O–H groups in total. The van der Waals surface area contributed by atoms with Gasteiger partial charge in [0.1, 0.15) is 0 Å². The molecule has 0 spiro atoms.